The third-order valence-corrected chi connectivity index (χ3v) is 9.95. The largest absolute Gasteiger partial charge is 0.497 e. The van der Waals surface area contributed by atoms with Gasteiger partial charge in [-0.15, -0.1) is 0 Å². The van der Waals surface area contributed by atoms with E-state index in [0.29, 0.717) is 13.0 Å². The van der Waals surface area contributed by atoms with Crippen molar-refractivity contribution in [2.75, 3.05) is 7.11 Å². The highest BCUT2D eigenvalue weighted by atomic mass is 28.4. The van der Waals surface area contributed by atoms with Crippen molar-refractivity contribution in [3.05, 3.63) is 29.8 Å². The first-order chi connectivity index (χ1) is 12.0. The van der Waals surface area contributed by atoms with E-state index in [-0.39, 0.29) is 17.2 Å². The summed E-state index contributed by atoms with van der Waals surface area (Å²) in [6.45, 7) is 13.4. The van der Waals surface area contributed by atoms with E-state index in [1.165, 1.54) is 0 Å². The van der Waals surface area contributed by atoms with Crippen molar-refractivity contribution >= 4 is 8.32 Å². The van der Waals surface area contributed by atoms with Crippen LogP contribution in [-0.2, 0) is 20.5 Å². The number of hydrogen-bond donors (Lipinski definition) is 1. The van der Waals surface area contributed by atoms with E-state index in [1.807, 2.05) is 31.2 Å². The molecule has 1 saturated heterocycles. The summed E-state index contributed by atoms with van der Waals surface area (Å²) in [7, 11) is -0.326. The lowest BCUT2D eigenvalue weighted by atomic mass is 10.0. The molecule has 1 heterocycles. The third-order valence-electron chi connectivity index (χ3n) is 5.47. The molecular formula is C20H34O5Si. The van der Waals surface area contributed by atoms with Gasteiger partial charge in [0.1, 0.15) is 5.75 Å². The molecule has 0 aliphatic carbocycles. The van der Waals surface area contributed by atoms with Crippen LogP contribution in [0.4, 0.5) is 0 Å². The lowest BCUT2D eigenvalue weighted by Crippen LogP contribution is -2.55. The summed E-state index contributed by atoms with van der Waals surface area (Å²) in [5, 5.41) is 10.7. The summed E-state index contributed by atoms with van der Waals surface area (Å²) in [6.07, 6.45) is -1.12. The van der Waals surface area contributed by atoms with Crippen molar-refractivity contribution in [1.29, 1.82) is 0 Å². The maximum absolute atomic E-state index is 10.6. The fourth-order valence-corrected chi connectivity index (χ4v) is 4.11. The van der Waals surface area contributed by atoms with Gasteiger partial charge in [-0.3, -0.25) is 0 Å². The number of methoxy groups -OCH3 is 1. The molecule has 148 valence electrons. The Labute approximate surface area is 158 Å². The van der Waals surface area contributed by atoms with Crippen LogP contribution in [0.5, 0.6) is 5.75 Å². The van der Waals surface area contributed by atoms with Crippen molar-refractivity contribution < 1.29 is 23.7 Å². The van der Waals surface area contributed by atoms with Crippen molar-refractivity contribution in [1.82, 2.24) is 0 Å². The molecule has 0 saturated carbocycles. The summed E-state index contributed by atoms with van der Waals surface area (Å²) < 4.78 is 23.4. The Balaban J connectivity index is 1.90. The van der Waals surface area contributed by atoms with Crippen molar-refractivity contribution in [2.24, 2.45) is 0 Å². The van der Waals surface area contributed by atoms with Gasteiger partial charge in [-0.1, -0.05) is 32.9 Å². The maximum atomic E-state index is 10.6. The van der Waals surface area contributed by atoms with E-state index in [4.69, 9.17) is 18.6 Å². The van der Waals surface area contributed by atoms with Gasteiger partial charge >= 0.3 is 0 Å². The van der Waals surface area contributed by atoms with E-state index in [9.17, 15) is 5.11 Å². The molecule has 0 spiro atoms. The molecule has 4 atom stereocenters. The van der Waals surface area contributed by atoms with Crippen LogP contribution in [0.15, 0.2) is 24.3 Å². The molecule has 1 aromatic carbocycles. The molecule has 0 radical (unpaired) electrons. The van der Waals surface area contributed by atoms with Gasteiger partial charge < -0.3 is 23.7 Å². The summed E-state index contributed by atoms with van der Waals surface area (Å²) in [5.41, 5.74) is 1.04. The monoisotopic (exact) mass is 382 g/mol. The highest BCUT2D eigenvalue weighted by Crippen LogP contribution is 2.39. The van der Waals surface area contributed by atoms with Gasteiger partial charge in [0.25, 0.3) is 0 Å². The fourth-order valence-electron chi connectivity index (χ4n) is 2.73. The fraction of sp³-hybridized carbons (Fsp3) is 0.700. The molecule has 0 bridgehead atoms. The van der Waals surface area contributed by atoms with Gasteiger partial charge in [0, 0.05) is 6.42 Å². The third kappa shape index (κ3) is 5.30. The minimum absolute atomic E-state index is 0.0914. The predicted octanol–water partition coefficient (Wildman–Crippen LogP) is 4.10. The number of rotatable bonds is 6. The molecule has 26 heavy (non-hydrogen) atoms. The molecule has 6 heteroatoms. The number of hydrogen-bond acceptors (Lipinski definition) is 5. The molecule has 1 aliphatic rings. The molecule has 2 rings (SSSR count). The average molecular weight is 383 g/mol. The van der Waals surface area contributed by atoms with Crippen molar-refractivity contribution in [2.45, 2.75) is 83.5 Å². The highest BCUT2D eigenvalue weighted by Gasteiger charge is 2.45. The van der Waals surface area contributed by atoms with Crippen molar-refractivity contribution in [3.63, 3.8) is 0 Å². The number of aliphatic hydroxyl groups is 1. The summed E-state index contributed by atoms with van der Waals surface area (Å²) >= 11 is 0. The second-order valence-electron chi connectivity index (χ2n) is 8.58. The van der Waals surface area contributed by atoms with Crippen LogP contribution in [0.25, 0.3) is 0 Å². The van der Waals surface area contributed by atoms with Crippen molar-refractivity contribution in [3.8, 4) is 5.75 Å². The van der Waals surface area contributed by atoms with Gasteiger partial charge in [-0.2, -0.15) is 0 Å². The highest BCUT2D eigenvalue weighted by molar-refractivity contribution is 6.74. The van der Waals surface area contributed by atoms with E-state index in [2.05, 4.69) is 33.9 Å². The zero-order valence-electron chi connectivity index (χ0n) is 17.1. The number of benzene rings is 1. The van der Waals surface area contributed by atoms with Crippen LogP contribution in [0.1, 0.15) is 39.7 Å². The second-order valence-corrected chi connectivity index (χ2v) is 13.3. The van der Waals surface area contributed by atoms with E-state index in [0.717, 1.165) is 11.3 Å². The van der Waals surface area contributed by atoms with Gasteiger partial charge in [-0.25, -0.2) is 0 Å². The SMILES string of the molecule is COc1ccc(COC2CC(O)C(O[Si](C)(C)C(C)(C)C)[C@@H](C)O2)cc1. The topological polar surface area (TPSA) is 57.2 Å². The Morgan fingerprint density at radius 2 is 1.81 bits per heavy atom. The van der Waals surface area contributed by atoms with E-state index < -0.39 is 20.7 Å². The summed E-state index contributed by atoms with van der Waals surface area (Å²) in [6, 6.07) is 7.73. The quantitative estimate of drug-likeness (QED) is 0.751. The zero-order chi connectivity index (χ0) is 19.5. The van der Waals surface area contributed by atoms with Gasteiger partial charge in [-0.05, 0) is 42.8 Å². The molecule has 1 aliphatic heterocycles. The smallest absolute Gasteiger partial charge is 0.192 e. The standard InChI is InChI=1S/C20H34O5Si/c1-14-19(25-26(6,7)20(2,3)4)17(21)12-18(24-14)23-13-15-8-10-16(22-5)11-9-15/h8-11,14,17-19,21H,12-13H2,1-7H3/t14-,17?,18?,19?/m1/s1. The van der Waals surface area contributed by atoms with Crippen LogP contribution in [0.2, 0.25) is 18.1 Å². The Hall–Kier alpha value is -0.923. The minimum atomic E-state index is -1.97. The molecule has 0 aromatic heterocycles. The maximum Gasteiger partial charge on any atom is 0.192 e. The van der Waals surface area contributed by atoms with E-state index in [1.54, 1.807) is 7.11 Å². The Kier molecular flexibility index (Phi) is 6.90. The van der Waals surface area contributed by atoms with Crippen LogP contribution in [0, 0.1) is 0 Å². The van der Waals surface area contributed by atoms with Crippen LogP contribution in [0.3, 0.4) is 0 Å². The molecular weight excluding hydrogens is 348 g/mol. The van der Waals surface area contributed by atoms with Gasteiger partial charge in [0.2, 0.25) is 0 Å². The number of aliphatic hydroxyl groups excluding tert-OH is 1. The first-order valence-electron chi connectivity index (χ1n) is 9.29. The summed E-state index contributed by atoms with van der Waals surface area (Å²) in [5.74, 6) is 0.817. The predicted molar refractivity (Wildman–Crippen MR) is 105 cm³/mol. The lowest BCUT2D eigenvalue weighted by Gasteiger charge is -2.45. The van der Waals surface area contributed by atoms with Crippen LogP contribution in [-0.4, -0.2) is 45.1 Å². The average Bonchev–Trinajstić information content (AvgIpc) is 2.55. The first-order valence-corrected chi connectivity index (χ1v) is 12.2. The van der Waals surface area contributed by atoms with Gasteiger partial charge in [0.15, 0.2) is 14.6 Å². The lowest BCUT2D eigenvalue weighted by molar-refractivity contribution is -0.246. The second kappa shape index (κ2) is 8.40. The Morgan fingerprint density at radius 1 is 1.19 bits per heavy atom. The summed E-state index contributed by atoms with van der Waals surface area (Å²) in [4.78, 5) is 0. The van der Waals surface area contributed by atoms with Crippen LogP contribution >= 0.6 is 0 Å². The number of ether oxygens (including phenoxy) is 3. The molecule has 1 fully saturated rings. The van der Waals surface area contributed by atoms with Gasteiger partial charge in [0.05, 0.1) is 32.0 Å². The van der Waals surface area contributed by atoms with Crippen LogP contribution < -0.4 is 4.74 Å². The normalized spacial score (nSPS) is 27.4. The Morgan fingerprint density at radius 3 is 2.31 bits per heavy atom. The molecule has 5 nitrogen and oxygen atoms in total. The zero-order valence-corrected chi connectivity index (χ0v) is 18.1. The first kappa shape index (κ1) is 21.4. The Bertz CT molecular complexity index is 555. The molecule has 0 amide bonds. The minimum Gasteiger partial charge on any atom is -0.497 e. The molecule has 1 aromatic rings. The molecule has 1 N–H and O–H groups in total. The molecule has 3 unspecified atom stereocenters. The van der Waals surface area contributed by atoms with E-state index >= 15 is 0 Å².